The predicted molar refractivity (Wildman–Crippen MR) is 80.5 cm³/mol. The molecular weight excluding hydrogens is 248 g/mol. The summed E-state index contributed by atoms with van der Waals surface area (Å²) < 4.78 is 6.23. The van der Waals surface area contributed by atoms with Crippen molar-refractivity contribution in [1.29, 1.82) is 0 Å². The number of hydrogen-bond acceptors (Lipinski definition) is 3. The highest BCUT2D eigenvalue weighted by atomic mass is 16.5. The van der Waals surface area contributed by atoms with Crippen molar-refractivity contribution in [2.24, 2.45) is 5.92 Å². The highest BCUT2D eigenvalue weighted by Crippen LogP contribution is 2.44. The number of ether oxygens (including phenoxy) is 1. The molecule has 1 aromatic heterocycles. The van der Waals surface area contributed by atoms with E-state index in [1.807, 2.05) is 12.4 Å². The van der Waals surface area contributed by atoms with Crippen LogP contribution in [0.25, 0.3) is 0 Å². The van der Waals surface area contributed by atoms with Crippen molar-refractivity contribution < 1.29 is 4.74 Å². The first-order valence-electron chi connectivity index (χ1n) is 8.04. The summed E-state index contributed by atoms with van der Waals surface area (Å²) in [6, 6.07) is 4.72. The molecule has 3 rings (SSSR count). The van der Waals surface area contributed by atoms with Crippen LogP contribution in [0.4, 0.5) is 0 Å². The van der Waals surface area contributed by atoms with Crippen LogP contribution in [0.1, 0.15) is 56.6 Å². The Bertz CT molecular complexity index is 409. The fraction of sp³-hybridized carbons (Fsp3) is 0.706. The Morgan fingerprint density at radius 2 is 2.00 bits per heavy atom. The van der Waals surface area contributed by atoms with E-state index < -0.39 is 0 Å². The van der Waals surface area contributed by atoms with Gasteiger partial charge in [-0.05, 0) is 56.3 Å². The van der Waals surface area contributed by atoms with Crippen LogP contribution in [-0.4, -0.2) is 24.2 Å². The van der Waals surface area contributed by atoms with E-state index in [1.54, 1.807) is 0 Å². The first-order valence-corrected chi connectivity index (χ1v) is 8.04. The molecule has 2 atom stereocenters. The average Bonchev–Trinajstić information content (AvgIpc) is 2.50. The number of nitrogens with zero attached hydrogens (tertiary/aromatic N) is 1. The maximum Gasteiger partial charge on any atom is 0.0686 e. The van der Waals surface area contributed by atoms with Crippen molar-refractivity contribution in [3.8, 4) is 0 Å². The van der Waals surface area contributed by atoms with Crippen molar-refractivity contribution in [2.45, 2.75) is 56.6 Å². The fourth-order valence-corrected chi connectivity index (χ4v) is 4.14. The largest absolute Gasteiger partial charge is 0.375 e. The molecule has 3 nitrogen and oxygen atoms in total. The smallest absolute Gasteiger partial charge is 0.0686 e. The van der Waals surface area contributed by atoms with Crippen molar-refractivity contribution in [2.75, 3.05) is 13.7 Å². The van der Waals surface area contributed by atoms with Gasteiger partial charge in [0.1, 0.15) is 0 Å². The van der Waals surface area contributed by atoms with E-state index in [9.17, 15) is 0 Å². The predicted octanol–water partition coefficient (Wildman–Crippen LogP) is 3.47. The molecule has 1 aromatic rings. The van der Waals surface area contributed by atoms with Crippen LogP contribution in [0, 0.1) is 5.92 Å². The number of rotatable bonds is 3. The molecule has 2 unspecified atom stereocenters. The van der Waals surface area contributed by atoms with Gasteiger partial charge in [-0.1, -0.05) is 19.3 Å². The average molecular weight is 274 g/mol. The Morgan fingerprint density at radius 1 is 1.25 bits per heavy atom. The van der Waals surface area contributed by atoms with E-state index in [0.29, 0.717) is 12.0 Å². The van der Waals surface area contributed by atoms with E-state index in [2.05, 4.69) is 29.5 Å². The molecule has 1 saturated heterocycles. The summed E-state index contributed by atoms with van der Waals surface area (Å²) in [5.41, 5.74) is 1.55. The molecule has 1 aliphatic carbocycles. The van der Waals surface area contributed by atoms with Gasteiger partial charge in [0.25, 0.3) is 0 Å². The molecule has 3 heteroatoms. The SMILES string of the molecule is CNC(c1ccncc1)C1CCOC2(CCCCC2)C1. The highest BCUT2D eigenvalue weighted by molar-refractivity contribution is 5.16. The lowest BCUT2D eigenvalue weighted by atomic mass is 9.73. The zero-order valence-corrected chi connectivity index (χ0v) is 12.5. The van der Waals surface area contributed by atoms with Gasteiger partial charge in [0.2, 0.25) is 0 Å². The summed E-state index contributed by atoms with van der Waals surface area (Å²) in [5, 5.41) is 3.53. The minimum absolute atomic E-state index is 0.184. The Kier molecular flexibility index (Phi) is 4.37. The molecule has 0 amide bonds. The summed E-state index contributed by atoms with van der Waals surface area (Å²) >= 11 is 0. The van der Waals surface area contributed by atoms with Gasteiger partial charge < -0.3 is 10.1 Å². The van der Waals surface area contributed by atoms with Gasteiger partial charge in [0.05, 0.1) is 5.60 Å². The van der Waals surface area contributed by atoms with Gasteiger partial charge in [-0.2, -0.15) is 0 Å². The van der Waals surface area contributed by atoms with Gasteiger partial charge >= 0.3 is 0 Å². The molecule has 0 bridgehead atoms. The Hall–Kier alpha value is -0.930. The van der Waals surface area contributed by atoms with Crippen molar-refractivity contribution in [3.05, 3.63) is 30.1 Å². The van der Waals surface area contributed by atoms with Crippen LogP contribution < -0.4 is 5.32 Å². The van der Waals surface area contributed by atoms with Crippen molar-refractivity contribution in [3.63, 3.8) is 0 Å². The van der Waals surface area contributed by atoms with Crippen molar-refractivity contribution in [1.82, 2.24) is 10.3 Å². The standard InChI is InChI=1S/C17H26N2O/c1-18-16(14-5-10-19-11-6-14)15-7-12-20-17(13-15)8-3-2-4-9-17/h5-6,10-11,15-16,18H,2-4,7-9,12-13H2,1H3. The van der Waals surface area contributed by atoms with Crippen LogP contribution in [0.3, 0.4) is 0 Å². The molecule has 2 heterocycles. The molecule has 110 valence electrons. The number of pyridine rings is 1. The number of aromatic nitrogens is 1. The number of nitrogens with one attached hydrogen (secondary N) is 1. The Labute approximate surface area is 122 Å². The minimum Gasteiger partial charge on any atom is -0.375 e. The van der Waals surface area contributed by atoms with Crippen LogP contribution in [-0.2, 0) is 4.74 Å². The van der Waals surface area contributed by atoms with Crippen molar-refractivity contribution >= 4 is 0 Å². The molecule has 2 fully saturated rings. The molecule has 2 aliphatic rings. The van der Waals surface area contributed by atoms with E-state index in [1.165, 1.54) is 44.1 Å². The van der Waals surface area contributed by atoms with E-state index in [0.717, 1.165) is 13.0 Å². The summed E-state index contributed by atoms with van der Waals surface area (Å²) in [7, 11) is 2.08. The molecule has 20 heavy (non-hydrogen) atoms. The summed E-state index contributed by atoms with van der Waals surface area (Å²) in [5.74, 6) is 0.675. The Morgan fingerprint density at radius 3 is 2.70 bits per heavy atom. The minimum atomic E-state index is 0.184. The van der Waals surface area contributed by atoms with Gasteiger partial charge in [0.15, 0.2) is 0 Å². The summed E-state index contributed by atoms with van der Waals surface area (Å²) in [6.07, 6.45) is 12.8. The van der Waals surface area contributed by atoms with Gasteiger partial charge in [-0.3, -0.25) is 4.98 Å². The molecule has 1 saturated carbocycles. The fourth-order valence-electron chi connectivity index (χ4n) is 4.14. The third-order valence-electron chi connectivity index (χ3n) is 5.14. The van der Waals surface area contributed by atoms with Crippen LogP contribution in [0.15, 0.2) is 24.5 Å². The lowest BCUT2D eigenvalue weighted by Crippen LogP contribution is -2.44. The monoisotopic (exact) mass is 274 g/mol. The zero-order chi connectivity index (χ0) is 13.8. The third-order valence-corrected chi connectivity index (χ3v) is 5.14. The lowest BCUT2D eigenvalue weighted by Gasteiger charge is -2.45. The van der Waals surface area contributed by atoms with E-state index >= 15 is 0 Å². The molecule has 0 aromatic carbocycles. The highest BCUT2D eigenvalue weighted by Gasteiger charge is 2.40. The van der Waals surface area contributed by atoms with Gasteiger partial charge in [-0.15, -0.1) is 0 Å². The molecule has 0 radical (unpaired) electrons. The summed E-state index contributed by atoms with van der Waals surface area (Å²) in [6.45, 7) is 0.925. The number of hydrogen-bond donors (Lipinski definition) is 1. The molecule has 1 aliphatic heterocycles. The maximum atomic E-state index is 6.23. The normalized spacial score (nSPS) is 27.4. The second-order valence-electron chi connectivity index (χ2n) is 6.39. The molecular formula is C17H26N2O. The van der Waals surface area contributed by atoms with Crippen LogP contribution >= 0.6 is 0 Å². The topological polar surface area (TPSA) is 34.2 Å². The van der Waals surface area contributed by atoms with Gasteiger partial charge in [-0.25, -0.2) is 0 Å². The van der Waals surface area contributed by atoms with E-state index in [4.69, 9.17) is 4.74 Å². The third kappa shape index (κ3) is 2.89. The summed E-state index contributed by atoms with van der Waals surface area (Å²) in [4.78, 5) is 4.14. The first kappa shape index (κ1) is 14.0. The quantitative estimate of drug-likeness (QED) is 0.916. The Balaban J connectivity index is 1.75. The lowest BCUT2D eigenvalue weighted by molar-refractivity contribution is -0.121. The van der Waals surface area contributed by atoms with E-state index in [-0.39, 0.29) is 5.60 Å². The zero-order valence-electron chi connectivity index (χ0n) is 12.5. The second kappa shape index (κ2) is 6.23. The first-order chi connectivity index (χ1) is 9.83. The molecule has 1 N–H and O–H groups in total. The molecule has 1 spiro atoms. The van der Waals surface area contributed by atoms with Gasteiger partial charge in [0, 0.05) is 25.0 Å². The second-order valence-corrected chi connectivity index (χ2v) is 6.39. The van der Waals surface area contributed by atoms with Crippen LogP contribution in [0.5, 0.6) is 0 Å². The maximum absolute atomic E-state index is 6.23. The van der Waals surface area contributed by atoms with Crippen LogP contribution in [0.2, 0.25) is 0 Å².